The summed E-state index contributed by atoms with van der Waals surface area (Å²) in [7, 11) is 1.61. The van der Waals surface area contributed by atoms with Gasteiger partial charge in [-0.25, -0.2) is 0 Å². The number of ether oxygens (including phenoxy) is 2. The third-order valence-corrected chi connectivity index (χ3v) is 4.84. The molecular weight excluding hydrogens is 422 g/mol. The number of carbonyl (C=O) groups is 1. The normalized spacial score (nSPS) is 10.5. The Balaban J connectivity index is 1.62. The third kappa shape index (κ3) is 4.92. The highest BCUT2D eigenvalue weighted by Crippen LogP contribution is 2.26. The molecule has 0 spiro atoms. The lowest BCUT2D eigenvalue weighted by atomic mass is 10.1. The van der Waals surface area contributed by atoms with Gasteiger partial charge in [0.15, 0.2) is 11.5 Å². The third-order valence-electron chi connectivity index (χ3n) is 4.18. The fourth-order valence-corrected chi connectivity index (χ4v) is 3.14. The Morgan fingerprint density at radius 3 is 2.68 bits per heavy atom. The van der Waals surface area contributed by atoms with Crippen LogP contribution in [0.1, 0.15) is 28.5 Å². The average Bonchev–Trinajstić information content (AvgIpc) is 3.10. The van der Waals surface area contributed by atoms with Gasteiger partial charge in [0.25, 0.3) is 5.91 Å². The maximum absolute atomic E-state index is 12.5. The largest absolute Gasteiger partial charge is 0.493 e. The van der Waals surface area contributed by atoms with E-state index in [2.05, 4.69) is 26.3 Å². The average molecular weight is 444 g/mol. The molecule has 0 unspecified atom stereocenters. The van der Waals surface area contributed by atoms with Crippen molar-refractivity contribution in [3.8, 4) is 11.5 Å². The van der Waals surface area contributed by atoms with E-state index in [4.69, 9.17) is 9.47 Å². The second-order valence-electron chi connectivity index (χ2n) is 6.10. The molecule has 0 saturated heterocycles. The molecule has 0 radical (unpaired) electrons. The second kappa shape index (κ2) is 9.41. The van der Waals surface area contributed by atoms with Crippen molar-refractivity contribution in [1.82, 2.24) is 15.1 Å². The summed E-state index contributed by atoms with van der Waals surface area (Å²) in [6.45, 7) is 3.49. The van der Waals surface area contributed by atoms with Crippen LogP contribution in [0.2, 0.25) is 0 Å². The van der Waals surface area contributed by atoms with E-state index in [1.54, 1.807) is 13.2 Å². The van der Waals surface area contributed by atoms with Gasteiger partial charge in [-0.15, -0.1) is 0 Å². The first-order valence-electron chi connectivity index (χ1n) is 8.95. The Morgan fingerprint density at radius 2 is 1.96 bits per heavy atom. The van der Waals surface area contributed by atoms with E-state index < -0.39 is 0 Å². The number of hydrogen-bond donors (Lipinski definition) is 1. The summed E-state index contributed by atoms with van der Waals surface area (Å²) in [6, 6.07) is 14.8. The predicted molar refractivity (Wildman–Crippen MR) is 111 cm³/mol. The molecule has 0 aliphatic heterocycles. The fraction of sp³-hybridized carbons (Fsp3) is 0.238. The molecular formula is C21H22BrN3O3. The molecule has 0 atom stereocenters. The molecule has 2 aromatic carbocycles. The number of amides is 1. The first kappa shape index (κ1) is 19.9. The van der Waals surface area contributed by atoms with E-state index in [0.29, 0.717) is 30.2 Å². The van der Waals surface area contributed by atoms with Crippen molar-refractivity contribution in [2.24, 2.45) is 0 Å². The summed E-state index contributed by atoms with van der Waals surface area (Å²) in [5.74, 6) is 1.18. The Hall–Kier alpha value is -2.80. The quantitative estimate of drug-likeness (QED) is 0.566. The van der Waals surface area contributed by atoms with Crippen molar-refractivity contribution < 1.29 is 14.3 Å². The van der Waals surface area contributed by atoms with E-state index in [1.165, 1.54) is 0 Å². The number of para-hydroxylation sites is 2. The number of aryl methyl sites for hydroxylation is 1. The zero-order valence-corrected chi connectivity index (χ0v) is 17.4. The molecule has 146 valence electrons. The topological polar surface area (TPSA) is 65.4 Å². The van der Waals surface area contributed by atoms with Gasteiger partial charge in [0.05, 0.1) is 23.8 Å². The zero-order valence-electron chi connectivity index (χ0n) is 15.8. The highest BCUT2D eigenvalue weighted by atomic mass is 79.9. The van der Waals surface area contributed by atoms with Crippen molar-refractivity contribution in [3.05, 3.63) is 76.0 Å². The maximum atomic E-state index is 12.5. The van der Waals surface area contributed by atoms with Crippen molar-refractivity contribution >= 4 is 21.8 Å². The van der Waals surface area contributed by atoms with E-state index in [0.717, 1.165) is 22.3 Å². The van der Waals surface area contributed by atoms with Crippen LogP contribution < -0.4 is 14.8 Å². The van der Waals surface area contributed by atoms with Crippen molar-refractivity contribution in [1.29, 1.82) is 0 Å². The molecule has 6 nitrogen and oxygen atoms in total. The molecule has 1 aromatic heterocycles. The summed E-state index contributed by atoms with van der Waals surface area (Å²) in [6.07, 6.45) is 1.90. The van der Waals surface area contributed by atoms with Gasteiger partial charge in [-0.3, -0.25) is 9.48 Å². The van der Waals surface area contributed by atoms with Gasteiger partial charge in [0.1, 0.15) is 6.61 Å². The molecule has 1 amide bonds. The van der Waals surface area contributed by atoms with Gasteiger partial charge in [-0.1, -0.05) is 24.3 Å². The lowest BCUT2D eigenvalue weighted by molar-refractivity contribution is 0.0950. The van der Waals surface area contributed by atoms with Gasteiger partial charge < -0.3 is 14.8 Å². The molecule has 7 heteroatoms. The smallest absolute Gasteiger partial charge is 0.251 e. The minimum Gasteiger partial charge on any atom is -0.493 e. The van der Waals surface area contributed by atoms with E-state index in [-0.39, 0.29) is 5.91 Å². The lowest BCUT2D eigenvalue weighted by Gasteiger charge is -2.11. The first-order chi connectivity index (χ1) is 13.6. The predicted octanol–water partition coefficient (Wildman–Crippen LogP) is 4.18. The van der Waals surface area contributed by atoms with Gasteiger partial charge >= 0.3 is 0 Å². The Kier molecular flexibility index (Phi) is 6.71. The van der Waals surface area contributed by atoms with E-state index >= 15 is 0 Å². The maximum Gasteiger partial charge on any atom is 0.251 e. The molecule has 28 heavy (non-hydrogen) atoms. The minimum absolute atomic E-state index is 0.155. The number of hydrogen-bond acceptors (Lipinski definition) is 4. The molecule has 0 aliphatic rings. The first-order valence-corrected chi connectivity index (χ1v) is 9.74. The van der Waals surface area contributed by atoms with Gasteiger partial charge in [-0.2, -0.15) is 5.10 Å². The SMILES string of the molecule is CCn1cc(Br)c(CNC(=O)c2cccc(COc3ccccc3OC)c2)n1. The Bertz CT molecular complexity index is 956. The number of carbonyl (C=O) groups excluding carboxylic acids is 1. The van der Waals surface area contributed by atoms with Gasteiger partial charge in [0.2, 0.25) is 0 Å². The van der Waals surface area contributed by atoms with Crippen LogP contribution >= 0.6 is 15.9 Å². The molecule has 0 fully saturated rings. The molecule has 3 rings (SSSR count). The number of benzene rings is 2. The van der Waals surface area contributed by atoms with Crippen LogP contribution in [0.3, 0.4) is 0 Å². The Morgan fingerprint density at radius 1 is 1.18 bits per heavy atom. The van der Waals surface area contributed by atoms with Crippen LogP contribution in [0, 0.1) is 0 Å². The molecule has 0 bridgehead atoms. The van der Waals surface area contributed by atoms with Crippen LogP contribution in [0.15, 0.2) is 59.2 Å². The van der Waals surface area contributed by atoms with Gasteiger partial charge in [-0.05, 0) is 52.7 Å². The number of nitrogens with one attached hydrogen (secondary N) is 1. The Labute approximate surface area is 172 Å². The minimum atomic E-state index is -0.155. The molecule has 1 heterocycles. The second-order valence-corrected chi connectivity index (χ2v) is 6.96. The van der Waals surface area contributed by atoms with Gasteiger partial charge in [0, 0.05) is 18.3 Å². The molecule has 3 aromatic rings. The summed E-state index contributed by atoms with van der Waals surface area (Å²) in [5, 5.41) is 7.32. The monoisotopic (exact) mass is 443 g/mol. The standard InChI is InChI=1S/C21H22BrN3O3/c1-3-25-13-17(22)18(24-25)12-23-21(26)16-8-6-7-15(11-16)14-28-20-10-5-4-9-19(20)27-2/h4-11,13H,3,12,14H2,1-2H3,(H,23,26). The lowest BCUT2D eigenvalue weighted by Crippen LogP contribution is -2.23. The summed E-state index contributed by atoms with van der Waals surface area (Å²) in [5.41, 5.74) is 2.27. The van der Waals surface area contributed by atoms with Crippen LogP contribution in [0.25, 0.3) is 0 Å². The van der Waals surface area contributed by atoms with Crippen LogP contribution in [-0.2, 0) is 19.7 Å². The fourth-order valence-electron chi connectivity index (χ4n) is 2.69. The van der Waals surface area contributed by atoms with E-state index in [9.17, 15) is 4.79 Å². The number of aromatic nitrogens is 2. The van der Waals surface area contributed by atoms with Crippen LogP contribution in [-0.4, -0.2) is 22.8 Å². The van der Waals surface area contributed by atoms with Crippen molar-refractivity contribution in [2.45, 2.75) is 26.6 Å². The zero-order chi connectivity index (χ0) is 19.9. The van der Waals surface area contributed by atoms with Crippen LogP contribution in [0.5, 0.6) is 11.5 Å². The van der Waals surface area contributed by atoms with Crippen molar-refractivity contribution in [3.63, 3.8) is 0 Å². The summed E-state index contributed by atoms with van der Waals surface area (Å²) >= 11 is 3.47. The van der Waals surface area contributed by atoms with Crippen LogP contribution in [0.4, 0.5) is 0 Å². The number of nitrogens with zero attached hydrogens (tertiary/aromatic N) is 2. The number of methoxy groups -OCH3 is 1. The highest BCUT2D eigenvalue weighted by Gasteiger charge is 2.11. The number of halogens is 1. The summed E-state index contributed by atoms with van der Waals surface area (Å²) < 4.78 is 13.8. The van der Waals surface area contributed by atoms with Crippen molar-refractivity contribution in [2.75, 3.05) is 7.11 Å². The molecule has 1 N–H and O–H groups in total. The molecule has 0 saturated carbocycles. The highest BCUT2D eigenvalue weighted by molar-refractivity contribution is 9.10. The summed E-state index contributed by atoms with van der Waals surface area (Å²) in [4.78, 5) is 12.5. The molecule has 0 aliphatic carbocycles. The number of rotatable bonds is 8. The van der Waals surface area contributed by atoms with E-state index in [1.807, 2.05) is 60.3 Å².